The zero-order chi connectivity index (χ0) is 15.6. The summed E-state index contributed by atoms with van der Waals surface area (Å²) in [7, 11) is 0. The van der Waals surface area contributed by atoms with Crippen molar-refractivity contribution in [2.75, 3.05) is 5.32 Å². The molecule has 0 saturated carbocycles. The molecular formula is C15H14BrFN2O2. The van der Waals surface area contributed by atoms with Gasteiger partial charge in [-0.1, -0.05) is 28.1 Å². The van der Waals surface area contributed by atoms with Crippen molar-refractivity contribution >= 4 is 27.3 Å². The van der Waals surface area contributed by atoms with E-state index in [9.17, 15) is 14.5 Å². The lowest BCUT2D eigenvalue weighted by Gasteiger charge is -2.18. The molecule has 0 aliphatic heterocycles. The van der Waals surface area contributed by atoms with Crippen LogP contribution in [0.1, 0.15) is 24.1 Å². The molecule has 2 rings (SSSR count). The van der Waals surface area contributed by atoms with Crippen molar-refractivity contribution in [1.29, 1.82) is 0 Å². The summed E-state index contributed by atoms with van der Waals surface area (Å²) in [5.74, 6) is -0.315. The molecule has 0 bridgehead atoms. The molecule has 0 heterocycles. The first-order valence-corrected chi connectivity index (χ1v) is 7.14. The number of hydrogen-bond donors (Lipinski definition) is 1. The number of anilines is 1. The van der Waals surface area contributed by atoms with Crippen LogP contribution in [0.5, 0.6) is 0 Å². The second kappa shape index (κ2) is 6.22. The number of nitro benzene ring substituents is 1. The number of benzene rings is 2. The quantitative estimate of drug-likeness (QED) is 0.623. The van der Waals surface area contributed by atoms with Gasteiger partial charge in [0.05, 0.1) is 4.92 Å². The zero-order valence-corrected chi connectivity index (χ0v) is 13.1. The van der Waals surface area contributed by atoms with Gasteiger partial charge in [-0.05, 0) is 37.1 Å². The van der Waals surface area contributed by atoms with Crippen LogP contribution in [0.4, 0.5) is 15.8 Å². The molecule has 0 aliphatic rings. The van der Waals surface area contributed by atoms with Crippen molar-refractivity contribution in [3.05, 3.63) is 67.9 Å². The molecule has 1 unspecified atom stereocenters. The minimum absolute atomic E-state index is 0.0356. The van der Waals surface area contributed by atoms with Gasteiger partial charge in [0.1, 0.15) is 5.82 Å². The minimum Gasteiger partial charge on any atom is -0.378 e. The van der Waals surface area contributed by atoms with Gasteiger partial charge in [0.15, 0.2) is 0 Å². The second-order valence-corrected chi connectivity index (χ2v) is 5.64. The Morgan fingerprint density at radius 1 is 1.29 bits per heavy atom. The molecule has 0 fully saturated rings. The third kappa shape index (κ3) is 3.58. The average molecular weight is 353 g/mol. The first-order chi connectivity index (χ1) is 9.88. The molecule has 0 saturated heterocycles. The Bertz CT molecular complexity index is 691. The molecule has 1 N–H and O–H groups in total. The molecule has 110 valence electrons. The minimum atomic E-state index is -0.427. The van der Waals surface area contributed by atoms with Crippen molar-refractivity contribution in [2.24, 2.45) is 0 Å². The third-order valence-electron chi connectivity index (χ3n) is 3.23. The van der Waals surface area contributed by atoms with Gasteiger partial charge in [0, 0.05) is 28.3 Å². The van der Waals surface area contributed by atoms with Crippen molar-refractivity contribution in [2.45, 2.75) is 19.9 Å². The summed E-state index contributed by atoms with van der Waals surface area (Å²) in [6.45, 7) is 3.79. The molecule has 4 nitrogen and oxygen atoms in total. The number of rotatable bonds is 4. The molecule has 0 amide bonds. The number of halogens is 2. The summed E-state index contributed by atoms with van der Waals surface area (Å²) >= 11 is 3.33. The summed E-state index contributed by atoms with van der Waals surface area (Å²) in [5, 5.41) is 14.1. The lowest BCUT2D eigenvalue weighted by molar-refractivity contribution is -0.384. The van der Waals surface area contributed by atoms with Gasteiger partial charge in [-0.15, -0.1) is 0 Å². The predicted octanol–water partition coefficient (Wildman–Crippen LogP) is 4.98. The van der Waals surface area contributed by atoms with Gasteiger partial charge in [0.25, 0.3) is 5.69 Å². The van der Waals surface area contributed by atoms with Crippen molar-refractivity contribution in [3.8, 4) is 0 Å². The zero-order valence-electron chi connectivity index (χ0n) is 11.6. The summed E-state index contributed by atoms with van der Waals surface area (Å²) in [6, 6.07) is 9.02. The highest BCUT2D eigenvalue weighted by atomic mass is 79.9. The van der Waals surface area contributed by atoms with Gasteiger partial charge in [-0.3, -0.25) is 10.1 Å². The number of nitro groups is 1. The number of nitrogens with zero attached hydrogens (tertiary/aromatic N) is 1. The van der Waals surface area contributed by atoms with Gasteiger partial charge in [0.2, 0.25) is 0 Å². The van der Waals surface area contributed by atoms with E-state index in [2.05, 4.69) is 21.2 Å². The van der Waals surface area contributed by atoms with Crippen LogP contribution in [0, 0.1) is 22.9 Å². The van der Waals surface area contributed by atoms with Crippen LogP contribution in [-0.4, -0.2) is 4.92 Å². The molecule has 1 atom stereocenters. The SMILES string of the molecule is Cc1ccc([N+](=O)[O-])cc1NC(C)c1ccc(F)cc1Br. The molecule has 0 spiro atoms. The van der Waals surface area contributed by atoms with Crippen LogP contribution in [0.2, 0.25) is 0 Å². The van der Waals surface area contributed by atoms with E-state index in [1.165, 1.54) is 24.3 Å². The maximum Gasteiger partial charge on any atom is 0.271 e. The van der Waals surface area contributed by atoms with Crippen LogP contribution in [-0.2, 0) is 0 Å². The standard InChI is InChI=1S/C15H14BrFN2O2/c1-9-3-5-12(19(20)21)8-15(9)18-10(2)13-6-4-11(17)7-14(13)16/h3-8,10,18H,1-2H3. The van der Waals surface area contributed by atoms with E-state index in [4.69, 9.17) is 0 Å². The predicted molar refractivity (Wildman–Crippen MR) is 84.0 cm³/mol. The van der Waals surface area contributed by atoms with E-state index < -0.39 is 4.92 Å². The topological polar surface area (TPSA) is 55.2 Å². The first-order valence-electron chi connectivity index (χ1n) is 6.35. The highest BCUT2D eigenvalue weighted by Gasteiger charge is 2.14. The van der Waals surface area contributed by atoms with E-state index in [1.54, 1.807) is 12.1 Å². The number of non-ortho nitro benzene ring substituents is 1. The summed E-state index contributed by atoms with van der Waals surface area (Å²) in [5.41, 5.74) is 2.51. The van der Waals surface area contributed by atoms with E-state index in [1.807, 2.05) is 13.8 Å². The summed E-state index contributed by atoms with van der Waals surface area (Å²) in [6.07, 6.45) is 0. The Balaban J connectivity index is 2.28. The smallest absolute Gasteiger partial charge is 0.271 e. The Hall–Kier alpha value is -1.95. The third-order valence-corrected chi connectivity index (χ3v) is 3.92. The monoisotopic (exact) mass is 352 g/mol. The van der Waals surface area contributed by atoms with Crippen LogP contribution < -0.4 is 5.32 Å². The number of nitrogens with one attached hydrogen (secondary N) is 1. The van der Waals surface area contributed by atoms with Crippen molar-refractivity contribution in [1.82, 2.24) is 0 Å². The van der Waals surface area contributed by atoms with Crippen LogP contribution >= 0.6 is 15.9 Å². The normalized spacial score (nSPS) is 12.0. The van der Waals surface area contributed by atoms with Gasteiger partial charge < -0.3 is 5.32 Å². The molecule has 0 aliphatic carbocycles. The maximum absolute atomic E-state index is 13.1. The maximum atomic E-state index is 13.1. The van der Waals surface area contributed by atoms with E-state index in [0.717, 1.165) is 11.1 Å². The van der Waals surface area contributed by atoms with Gasteiger partial charge in [-0.25, -0.2) is 4.39 Å². The Labute approximate surface area is 130 Å². The Morgan fingerprint density at radius 2 is 2.00 bits per heavy atom. The van der Waals surface area contributed by atoms with E-state index in [-0.39, 0.29) is 17.5 Å². The van der Waals surface area contributed by atoms with Crippen molar-refractivity contribution in [3.63, 3.8) is 0 Å². The fourth-order valence-corrected chi connectivity index (χ4v) is 2.74. The van der Waals surface area contributed by atoms with Gasteiger partial charge >= 0.3 is 0 Å². The summed E-state index contributed by atoms with van der Waals surface area (Å²) < 4.78 is 13.8. The molecule has 2 aromatic carbocycles. The van der Waals surface area contributed by atoms with E-state index in [0.29, 0.717) is 10.2 Å². The fourth-order valence-electron chi connectivity index (χ4n) is 2.04. The fraction of sp³-hybridized carbons (Fsp3) is 0.200. The van der Waals surface area contributed by atoms with Gasteiger partial charge in [-0.2, -0.15) is 0 Å². The van der Waals surface area contributed by atoms with Crippen molar-refractivity contribution < 1.29 is 9.31 Å². The summed E-state index contributed by atoms with van der Waals surface area (Å²) in [4.78, 5) is 10.4. The Kier molecular flexibility index (Phi) is 4.57. The van der Waals surface area contributed by atoms with Crippen LogP contribution in [0.3, 0.4) is 0 Å². The second-order valence-electron chi connectivity index (χ2n) is 4.79. The molecule has 0 radical (unpaired) electrons. The lowest BCUT2D eigenvalue weighted by Crippen LogP contribution is -2.09. The van der Waals surface area contributed by atoms with Crippen LogP contribution in [0.25, 0.3) is 0 Å². The first kappa shape index (κ1) is 15.4. The number of hydrogen-bond acceptors (Lipinski definition) is 3. The molecular weight excluding hydrogens is 339 g/mol. The highest BCUT2D eigenvalue weighted by molar-refractivity contribution is 9.10. The number of aryl methyl sites for hydroxylation is 1. The average Bonchev–Trinajstić information content (AvgIpc) is 2.40. The molecule has 2 aromatic rings. The largest absolute Gasteiger partial charge is 0.378 e. The lowest BCUT2D eigenvalue weighted by atomic mass is 10.1. The molecule has 6 heteroatoms. The molecule has 0 aromatic heterocycles. The Morgan fingerprint density at radius 3 is 2.62 bits per heavy atom. The van der Waals surface area contributed by atoms with Crippen LogP contribution in [0.15, 0.2) is 40.9 Å². The molecule has 21 heavy (non-hydrogen) atoms. The van der Waals surface area contributed by atoms with E-state index >= 15 is 0 Å². The highest BCUT2D eigenvalue weighted by Crippen LogP contribution is 2.29.